The maximum absolute atomic E-state index is 8.45. The minimum Gasteiger partial charge on any atom is -0.399 e. The van der Waals surface area contributed by atoms with E-state index in [2.05, 4.69) is 0 Å². The Labute approximate surface area is 71.8 Å². The molecule has 66 valence electrons. The summed E-state index contributed by atoms with van der Waals surface area (Å²) in [5.74, 6) is 0. The van der Waals surface area contributed by atoms with E-state index < -0.39 is 0 Å². The molecule has 0 heterocycles. The first-order chi connectivity index (χ1) is 5.83. The lowest BCUT2D eigenvalue weighted by atomic mass is 10.2. The van der Waals surface area contributed by atoms with Crippen LogP contribution >= 0.6 is 0 Å². The van der Waals surface area contributed by atoms with Crippen LogP contribution in [-0.2, 0) is 11.3 Å². The molecule has 0 spiro atoms. The lowest BCUT2D eigenvalue weighted by Crippen LogP contribution is -1.99. The summed E-state index contributed by atoms with van der Waals surface area (Å²) in [4.78, 5) is 0. The van der Waals surface area contributed by atoms with Gasteiger partial charge in [0.25, 0.3) is 0 Å². The Bertz CT molecular complexity index is 238. The predicted molar refractivity (Wildman–Crippen MR) is 47.6 cm³/mol. The number of nitrogens with two attached hydrogens (primary N) is 1. The molecule has 0 atom stereocenters. The normalized spacial score (nSPS) is 10.1. The van der Waals surface area contributed by atoms with Crippen LogP contribution in [0.1, 0.15) is 5.56 Å². The van der Waals surface area contributed by atoms with Crippen LogP contribution in [0.15, 0.2) is 24.3 Å². The van der Waals surface area contributed by atoms with Crippen LogP contribution in [0, 0.1) is 0 Å². The molecule has 12 heavy (non-hydrogen) atoms. The zero-order valence-corrected chi connectivity index (χ0v) is 6.86. The highest BCUT2D eigenvalue weighted by atomic mass is 16.5. The van der Waals surface area contributed by atoms with Crippen LogP contribution in [0.2, 0.25) is 0 Å². The minimum atomic E-state index is 0.0579. The van der Waals surface area contributed by atoms with E-state index in [1.54, 1.807) is 0 Å². The van der Waals surface area contributed by atoms with Crippen molar-refractivity contribution in [1.29, 1.82) is 0 Å². The van der Waals surface area contributed by atoms with Crippen LogP contribution in [0.3, 0.4) is 0 Å². The first-order valence-electron chi connectivity index (χ1n) is 3.86. The highest BCUT2D eigenvalue weighted by Gasteiger charge is 1.92. The second-order valence-corrected chi connectivity index (χ2v) is 2.52. The van der Waals surface area contributed by atoms with Crippen LogP contribution in [-0.4, -0.2) is 18.3 Å². The molecule has 3 heteroatoms. The van der Waals surface area contributed by atoms with E-state index in [9.17, 15) is 0 Å². The van der Waals surface area contributed by atoms with Crippen molar-refractivity contribution in [3.63, 3.8) is 0 Å². The number of rotatable bonds is 4. The predicted octanol–water partition coefficient (Wildman–Crippen LogP) is 0.778. The van der Waals surface area contributed by atoms with Gasteiger partial charge in [0, 0.05) is 5.69 Å². The van der Waals surface area contributed by atoms with Gasteiger partial charge >= 0.3 is 0 Å². The average molecular weight is 167 g/mol. The third-order valence-corrected chi connectivity index (χ3v) is 1.46. The third kappa shape index (κ3) is 2.90. The Kier molecular flexibility index (Phi) is 3.57. The van der Waals surface area contributed by atoms with Crippen LogP contribution in [0.25, 0.3) is 0 Å². The highest BCUT2D eigenvalue weighted by molar-refractivity contribution is 5.40. The van der Waals surface area contributed by atoms with Crippen molar-refractivity contribution < 1.29 is 9.84 Å². The number of aliphatic hydroxyl groups excluding tert-OH is 1. The van der Waals surface area contributed by atoms with E-state index in [0.29, 0.717) is 13.2 Å². The standard InChI is InChI=1S/C9H13NO2/c10-9-3-1-2-8(6-9)7-12-5-4-11/h1-3,6,11H,4-5,7,10H2. The first kappa shape index (κ1) is 9.03. The summed E-state index contributed by atoms with van der Waals surface area (Å²) in [5.41, 5.74) is 7.33. The maximum Gasteiger partial charge on any atom is 0.0718 e. The largest absolute Gasteiger partial charge is 0.399 e. The quantitative estimate of drug-likeness (QED) is 0.514. The van der Waals surface area contributed by atoms with Crippen LogP contribution < -0.4 is 5.73 Å². The van der Waals surface area contributed by atoms with Gasteiger partial charge in [-0.2, -0.15) is 0 Å². The van der Waals surface area contributed by atoms with Gasteiger partial charge < -0.3 is 15.6 Å². The Hall–Kier alpha value is -1.06. The van der Waals surface area contributed by atoms with Gasteiger partial charge in [-0.05, 0) is 17.7 Å². The maximum atomic E-state index is 8.45. The molecule has 0 aliphatic rings. The molecule has 3 N–H and O–H groups in total. The highest BCUT2D eigenvalue weighted by Crippen LogP contribution is 2.07. The van der Waals surface area contributed by atoms with E-state index in [-0.39, 0.29) is 6.61 Å². The Morgan fingerprint density at radius 3 is 2.92 bits per heavy atom. The molecule has 1 aromatic rings. The number of nitrogen functional groups attached to an aromatic ring is 1. The molecule has 0 radical (unpaired) electrons. The minimum absolute atomic E-state index is 0.0579. The first-order valence-corrected chi connectivity index (χ1v) is 3.86. The fourth-order valence-electron chi connectivity index (χ4n) is 0.937. The van der Waals surface area contributed by atoms with E-state index in [0.717, 1.165) is 11.3 Å². The zero-order chi connectivity index (χ0) is 8.81. The summed E-state index contributed by atoms with van der Waals surface area (Å²) in [6.07, 6.45) is 0. The molecule has 0 bridgehead atoms. The molecule has 0 saturated carbocycles. The number of hydrogen-bond acceptors (Lipinski definition) is 3. The van der Waals surface area contributed by atoms with Gasteiger partial charge in [0.15, 0.2) is 0 Å². The van der Waals surface area contributed by atoms with Crippen LogP contribution in [0.5, 0.6) is 0 Å². The molecule has 3 nitrogen and oxygen atoms in total. The van der Waals surface area contributed by atoms with Crippen molar-refractivity contribution >= 4 is 5.69 Å². The summed E-state index contributed by atoms with van der Waals surface area (Å²) >= 11 is 0. The Morgan fingerprint density at radius 1 is 1.42 bits per heavy atom. The summed E-state index contributed by atoms with van der Waals surface area (Å²) in [5, 5.41) is 8.45. The number of anilines is 1. The molecule has 0 aliphatic heterocycles. The summed E-state index contributed by atoms with van der Waals surface area (Å²) in [6.45, 7) is 0.933. The molecule has 0 saturated heterocycles. The zero-order valence-electron chi connectivity index (χ0n) is 6.86. The molecule has 0 aromatic heterocycles. The molecule has 0 amide bonds. The summed E-state index contributed by atoms with van der Waals surface area (Å²) < 4.78 is 5.12. The van der Waals surface area contributed by atoms with E-state index in [1.165, 1.54) is 0 Å². The van der Waals surface area contributed by atoms with Gasteiger partial charge in [-0.25, -0.2) is 0 Å². The summed E-state index contributed by atoms with van der Waals surface area (Å²) in [6, 6.07) is 7.51. The van der Waals surface area contributed by atoms with Gasteiger partial charge in [-0.1, -0.05) is 12.1 Å². The number of hydrogen-bond donors (Lipinski definition) is 2. The van der Waals surface area contributed by atoms with E-state index in [1.807, 2.05) is 24.3 Å². The number of aliphatic hydroxyl groups is 1. The average Bonchev–Trinajstić information content (AvgIpc) is 2.05. The molecule has 0 fully saturated rings. The number of ether oxygens (including phenoxy) is 1. The lowest BCUT2D eigenvalue weighted by molar-refractivity contribution is 0.0816. The van der Waals surface area contributed by atoms with Crippen molar-refractivity contribution in [3.05, 3.63) is 29.8 Å². The van der Waals surface area contributed by atoms with Crippen LogP contribution in [0.4, 0.5) is 5.69 Å². The summed E-state index contributed by atoms with van der Waals surface area (Å²) in [7, 11) is 0. The van der Waals surface area contributed by atoms with Crippen molar-refractivity contribution in [2.45, 2.75) is 6.61 Å². The fourth-order valence-corrected chi connectivity index (χ4v) is 0.937. The SMILES string of the molecule is Nc1cccc(COCCO)c1. The van der Waals surface area contributed by atoms with Gasteiger partial charge in [-0.15, -0.1) is 0 Å². The van der Waals surface area contributed by atoms with Gasteiger partial charge in [0.2, 0.25) is 0 Å². The molecule has 0 aliphatic carbocycles. The molecule has 1 rings (SSSR count). The smallest absolute Gasteiger partial charge is 0.0718 e. The van der Waals surface area contributed by atoms with Crippen molar-refractivity contribution in [2.75, 3.05) is 18.9 Å². The second-order valence-electron chi connectivity index (χ2n) is 2.52. The third-order valence-electron chi connectivity index (χ3n) is 1.46. The molecule has 1 aromatic carbocycles. The van der Waals surface area contributed by atoms with Gasteiger partial charge in [0.05, 0.1) is 19.8 Å². The van der Waals surface area contributed by atoms with Crippen molar-refractivity contribution in [1.82, 2.24) is 0 Å². The van der Waals surface area contributed by atoms with Gasteiger partial charge in [0.1, 0.15) is 0 Å². The monoisotopic (exact) mass is 167 g/mol. The van der Waals surface area contributed by atoms with E-state index in [4.69, 9.17) is 15.6 Å². The van der Waals surface area contributed by atoms with E-state index >= 15 is 0 Å². The molecular weight excluding hydrogens is 154 g/mol. The lowest BCUT2D eigenvalue weighted by Gasteiger charge is -2.02. The topological polar surface area (TPSA) is 55.5 Å². The number of benzene rings is 1. The molecular formula is C9H13NO2. The second kappa shape index (κ2) is 4.74. The Balaban J connectivity index is 2.41. The Morgan fingerprint density at radius 2 is 2.25 bits per heavy atom. The fraction of sp³-hybridized carbons (Fsp3) is 0.333. The van der Waals surface area contributed by atoms with Crippen molar-refractivity contribution in [3.8, 4) is 0 Å². The van der Waals surface area contributed by atoms with Gasteiger partial charge in [-0.3, -0.25) is 0 Å². The molecule has 0 unspecified atom stereocenters. The van der Waals surface area contributed by atoms with Crippen molar-refractivity contribution in [2.24, 2.45) is 0 Å².